The van der Waals surface area contributed by atoms with Crippen molar-refractivity contribution in [2.75, 3.05) is 12.4 Å². The monoisotopic (exact) mass is 546 g/mol. The average molecular weight is 547 g/mol. The molecule has 206 valence electrons. The maximum Gasteiger partial charge on any atom is 0.255 e. The van der Waals surface area contributed by atoms with Gasteiger partial charge in [-0.3, -0.25) is 4.79 Å². The molecule has 1 aliphatic carbocycles. The lowest BCUT2D eigenvalue weighted by molar-refractivity contribution is 0.102. The second-order valence-corrected chi connectivity index (χ2v) is 8.88. The summed E-state index contributed by atoms with van der Waals surface area (Å²) in [4.78, 5) is 25.3. The van der Waals surface area contributed by atoms with E-state index in [0.717, 1.165) is 22.3 Å². The van der Waals surface area contributed by atoms with E-state index in [4.69, 9.17) is 9.72 Å². The van der Waals surface area contributed by atoms with Crippen LogP contribution >= 0.6 is 0 Å². The third-order valence-electron chi connectivity index (χ3n) is 6.37. The molecule has 0 atom stereocenters. The van der Waals surface area contributed by atoms with E-state index in [1.807, 2.05) is 74.7 Å². The van der Waals surface area contributed by atoms with Gasteiger partial charge in [-0.25, -0.2) is 14.6 Å². The van der Waals surface area contributed by atoms with Crippen LogP contribution in [0.15, 0.2) is 103 Å². The number of fused-ring (bicyclic) bond motifs is 1. The van der Waals surface area contributed by atoms with Gasteiger partial charge in [-0.1, -0.05) is 26.0 Å². The van der Waals surface area contributed by atoms with Crippen LogP contribution in [0.5, 0.6) is 5.88 Å². The van der Waals surface area contributed by atoms with E-state index in [9.17, 15) is 9.90 Å². The highest BCUT2D eigenvalue weighted by Crippen LogP contribution is 2.33. The fourth-order valence-corrected chi connectivity index (χ4v) is 4.47. The van der Waals surface area contributed by atoms with E-state index in [-0.39, 0.29) is 11.7 Å². The number of pyridine rings is 1. The van der Waals surface area contributed by atoms with Gasteiger partial charge in [-0.2, -0.15) is 5.10 Å². The summed E-state index contributed by atoms with van der Waals surface area (Å²) < 4.78 is 7.16. The highest BCUT2D eigenvalue weighted by atomic mass is 16.5. The number of hydrogen-bond acceptors (Lipinski definition) is 6. The molecule has 0 aliphatic heterocycles. The van der Waals surface area contributed by atoms with Gasteiger partial charge in [-0.15, -0.1) is 0 Å². The molecule has 3 aromatic heterocycles. The van der Waals surface area contributed by atoms with Crippen LogP contribution in [0.25, 0.3) is 27.9 Å². The summed E-state index contributed by atoms with van der Waals surface area (Å²) in [7, 11) is 1.58. The Kier molecular flexibility index (Phi) is 8.05. The van der Waals surface area contributed by atoms with Crippen molar-refractivity contribution < 1.29 is 14.6 Å². The molecule has 6 rings (SSSR count). The number of nitrogens with zero attached hydrogens (tertiary/aromatic N) is 4. The number of aromatic nitrogens is 5. The number of anilines is 1. The molecule has 0 spiro atoms. The van der Waals surface area contributed by atoms with Crippen LogP contribution < -0.4 is 10.1 Å². The van der Waals surface area contributed by atoms with Gasteiger partial charge in [0.1, 0.15) is 11.6 Å². The molecule has 0 bridgehead atoms. The van der Waals surface area contributed by atoms with E-state index in [1.165, 1.54) is 0 Å². The minimum Gasteiger partial charge on any atom is -0.508 e. The normalized spacial score (nSPS) is 12.8. The van der Waals surface area contributed by atoms with Gasteiger partial charge in [0.2, 0.25) is 5.88 Å². The van der Waals surface area contributed by atoms with Crippen molar-refractivity contribution in [1.29, 1.82) is 0 Å². The van der Waals surface area contributed by atoms with Crippen molar-refractivity contribution in [2.45, 2.75) is 20.3 Å². The Hall–Kier alpha value is -5.44. The summed E-state index contributed by atoms with van der Waals surface area (Å²) in [6, 6.07) is 18.3. The van der Waals surface area contributed by atoms with Crippen molar-refractivity contribution in [3.05, 3.63) is 120 Å². The number of amides is 1. The van der Waals surface area contributed by atoms with Crippen LogP contribution in [-0.4, -0.2) is 42.9 Å². The van der Waals surface area contributed by atoms with Crippen molar-refractivity contribution in [2.24, 2.45) is 0 Å². The number of allylic oxidation sites excluding steroid dienone is 5. The number of H-pyrrole nitrogens is 1. The third kappa shape index (κ3) is 5.79. The molecule has 0 radical (unpaired) electrons. The summed E-state index contributed by atoms with van der Waals surface area (Å²) in [5.41, 5.74) is 5.49. The fraction of sp³-hybridized carbons (Fsp3) is 0.125. The first kappa shape index (κ1) is 27.1. The molecule has 0 saturated carbocycles. The first-order valence-corrected chi connectivity index (χ1v) is 13.3. The molecule has 0 fully saturated rings. The lowest BCUT2D eigenvalue weighted by Gasteiger charge is -2.09. The topological polar surface area (TPSA) is 118 Å². The smallest absolute Gasteiger partial charge is 0.255 e. The number of aliphatic hydroxyl groups is 1. The zero-order chi connectivity index (χ0) is 28.8. The largest absolute Gasteiger partial charge is 0.508 e. The molecule has 0 unspecified atom stereocenters. The number of nitrogens with one attached hydrogen (secondary N) is 2. The molecule has 1 amide bonds. The Labute approximate surface area is 237 Å². The van der Waals surface area contributed by atoms with Crippen LogP contribution in [0.2, 0.25) is 0 Å². The van der Waals surface area contributed by atoms with Crippen LogP contribution in [0, 0.1) is 0 Å². The molecular weight excluding hydrogens is 516 g/mol. The lowest BCUT2D eigenvalue weighted by atomic mass is 10.0. The zero-order valence-electron chi connectivity index (χ0n) is 23.0. The Morgan fingerprint density at radius 1 is 1.05 bits per heavy atom. The molecule has 5 aromatic rings. The molecule has 41 heavy (non-hydrogen) atoms. The Morgan fingerprint density at radius 2 is 1.93 bits per heavy atom. The summed E-state index contributed by atoms with van der Waals surface area (Å²) in [5.74, 6) is 0.831. The second kappa shape index (κ2) is 12.2. The minimum absolute atomic E-state index is 0.109. The number of ether oxygens (including phenoxy) is 1. The molecule has 0 saturated heterocycles. The van der Waals surface area contributed by atoms with Gasteiger partial charge >= 0.3 is 0 Å². The van der Waals surface area contributed by atoms with Crippen molar-refractivity contribution >= 4 is 33.8 Å². The lowest BCUT2D eigenvalue weighted by Crippen LogP contribution is -2.12. The number of rotatable bonds is 6. The number of hydrogen-bond donors (Lipinski definition) is 3. The predicted octanol–water partition coefficient (Wildman–Crippen LogP) is 6.74. The third-order valence-corrected chi connectivity index (χ3v) is 6.37. The standard InChI is InChI=1S/C30H24N6O3.C2H6/c1-39-30-23(9-4-13-31-30)19-6-2-10-27(37)24(16-19)28-34-25-12-11-20(17-26(25)35-28)29(38)33-21-7-3-8-22(18-21)36-15-5-14-32-36;1-2/h3-18,37H,2H2,1H3,(H,33,38)(H,34,35);1-2H3. The van der Waals surface area contributed by atoms with Gasteiger partial charge < -0.3 is 20.1 Å². The number of aromatic amines is 1. The van der Waals surface area contributed by atoms with E-state index in [2.05, 4.69) is 20.4 Å². The molecule has 9 heteroatoms. The Bertz CT molecular complexity index is 1780. The average Bonchev–Trinajstić information content (AvgIpc) is 3.66. The van der Waals surface area contributed by atoms with Gasteiger partial charge in [0, 0.05) is 35.4 Å². The van der Waals surface area contributed by atoms with Crippen molar-refractivity contribution in [3.63, 3.8) is 0 Å². The number of benzene rings is 2. The molecule has 1 aliphatic rings. The highest BCUT2D eigenvalue weighted by Gasteiger charge is 2.18. The Balaban J connectivity index is 0.00000165. The maximum absolute atomic E-state index is 13.1. The quantitative estimate of drug-likeness (QED) is 0.217. The van der Waals surface area contributed by atoms with Crippen molar-refractivity contribution in [1.82, 2.24) is 24.7 Å². The number of aliphatic hydroxyl groups excluding tert-OH is 1. The van der Waals surface area contributed by atoms with Gasteiger partial charge in [0.15, 0.2) is 0 Å². The van der Waals surface area contributed by atoms with Gasteiger partial charge in [-0.05, 0) is 78.7 Å². The van der Waals surface area contributed by atoms with E-state index < -0.39 is 0 Å². The predicted molar refractivity (Wildman–Crippen MR) is 161 cm³/mol. The SMILES string of the molecule is CC.COc1ncccc1C1=CCC=C(O)C(c2nc3cc(C(=O)Nc4cccc(-n5cccn5)c4)ccc3[nH]2)=C1. The Morgan fingerprint density at radius 3 is 2.73 bits per heavy atom. The van der Waals surface area contributed by atoms with Crippen molar-refractivity contribution in [3.8, 4) is 11.6 Å². The van der Waals surface area contributed by atoms with Gasteiger partial charge in [0.05, 0.1) is 29.4 Å². The zero-order valence-corrected chi connectivity index (χ0v) is 23.0. The molecule has 2 aromatic carbocycles. The molecule has 3 N–H and O–H groups in total. The van der Waals surface area contributed by atoms with Gasteiger partial charge in [0.25, 0.3) is 5.91 Å². The summed E-state index contributed by atoms with van der Waals surface area (Å²) in [6.07, 6.45) is 11.3. The summed E-state index contributed by atoms with van der Waals surface area (Å²) in [6.45, 7) is 4.00. The number of carbonyl (C=O) groups excluding carboxylic acids is 1. The van der Waals surface area contributed by atoms with Crippen LogP contribution in [0.4, 0.5) is 5.69 Å². The van der Waals surface area contributed by atoms with Crippen LogP contribution in [-0.2, 0) is 0 Å². The van der Waals surface area contributed by atoms with E-state index in [1.54, 1.807) is 48.5 Å². The first-order valence-electron chi connectivity index (χ1n) is 13.3. The minimum atomic E-state index is -0.260. The summed E-state index contributed by atoms with van der Waals surface area (Å²) in [5, 5.41) is 18.0. The molecule has 3 heterocycles. The molecule has 9 nitrogen and oxygen atoms in total. The maximum atomic E-state index is 13.1. The number of imidazole rings is 1. The second-order valence-electron chi connectivity index (χ2n) is 8.88. The number of methoxy groups -OCH3 is 1. The number of carbonyl (C=O) groups is 1. The van der Waals surface area contributed by atoms with E-state index >= 15 is 0 Å². The van der Waals surface area contributed by atoms with Crippen LogP contribution in [0.1, 0.15) is 42.0 Å². The van der Waals surface area contributed by atoms with Crippen LogP contribution in [0.3, 0.4) is 0 Å². The fourth-order valence-electron chi connectivity index (χ4n) is 4.47. The highest BCUT2D eigenvalue weighted by molar-refractivity contribution is 6.06. The van der Waals surface area contributed by atoms with E-state index in [0.29, 0.717) is 40.5 Å². The molecular formula is C32H30N6O3. The first-order chi connectivity index (χ1) is 20.1. The summed E-state index contributed by atoms with van der Waals surface area (Å²) >= 11 is 0.